The highest BCUT2D eigenvalue weighted by molar-refractivity contribution is 7.85. The van der Waals surface area contributed by atoms with Crippen molar-refractivity contribution >= 4 is 16.1 Å². The van der Waals surface area contributed by atoms with E-state index in [0.29, 0.717) is 12.8 Å². The molecule has 0 spiro atoms. The van der Waals surface area contributed by atoms with Gasteiger partial charge in [-0.2, -0.15) is 8.42 Å². The molecule has 0 saturated heterocycles. The van der Waals surface area contributed by atoms with Gasteiger partial charge in [-0.15, -0.1) is 0 Å². The zero-order valence-electron chi connectivity index (χ0n) is 10.2. The standard InChI is InChI=1S/C9H13N3O.CH4O3S/c1-7-2-4-8(5-3-7)6-12(11)9(10)13;1-5(2,3)4/h2-5H,6,11H2,1H3,(H2,10,13);1H3,(H,2,3,4). The summed E-state index contributed by atoms with van der Waals surface area (Å²) in [5.41, 5.74) is 7.11. The summed E-state index contributed by atoms with van der Waals surface area (Å²) in [6.07, 6.45) is 0.715. The number of hydrogen-bond donors (Lipinski definition) is 3. The fourth-order valence-electron chi connectivity index (χ4n) is 0.968. The van der Waals surface area contributed by atoms with E-state index >= 15 is 0 Å². The van der Waals surface area contributed by atoms with Crippen LogP contribution >= 0.6 is 0 Å². The smallest absolute Gasteiger partial charge is 0.329 e. The maximum atomic E-state index is 10.6. The number of hydrazine groups is 1. The first-order valence-corrected chi connectivity index (χ1v) is 6.74. The molecule has 1 rings (SSSR count). The lowest BCUT2D eigenvalue weighted by Gasteiger charge is -2.13. The summed E-state index contributed by atoms with van der Waals surface area (Å²) in [7, 11) is -3.67. The number of urea groups is 1. The molecular weight excluding hydrogens is 258 g/mol. The van der Waals surface area contributed by atoms with E-state index in [4.69, 9.17) is 16.1 Å². The van der Waals surface area contributed by atoms with E-state index in [1.54, 1.807) is 0 Å². The van der Waals surface area contributed by atoms with Crippen LogP contribution < -0.4 is 11.6 Å². The number of benzene rings is 1. The predicted octanol–water partition coefficient (Wildman–Crippen LogP) is 0.253. The molecule has 102 valence electrons. The van der Waals surface area contributed by atoms with Gasteiger partial charge in [-0.3, -0.25) is 9.56 Å². The van der Waals surface area contributed by atoms with Crippen molar-refractivity contribution < 1.29 is 17.8 Å². The Labute approximate surface area is 106 Å². The number of carbonyl (C=O) groups excluding carboxylic acids is 1. The van der Waals surface area contributed by atoms with Crippen LogP contribution in [-0.4, -0.2) is 30.3 Å². The third kappa shape index (κ3) is 9.58. The van der Waals surface area contributed by atoms with Gasteiger partial charge in [0.05, 0.1) is 12.8 Å². The molecule has 1 aromatic rings. The van der Waals surface area contributed by atoms with Crippen LogP contribution in [0.5, 0.6) is 0 Å². The molecule has 2 amide bonds. The molecule has 0 saturated carbocycles. The van der Waals surface area contributed by atoms with Gasteiger partial charge in [0, 0.05) is 0 Å². The van der Waals surface area contributed by atoms with E-state index in [1.165, 1.54) is 5.56 Å². The van der Waals surface area contributed by atoms with Gasteiger partial charge in [0.15, 0.2) is 0 Å². The van der Waals surface area contributed by atoms with Crippen LogP contribution in [0.25, 0.3) is 0 Å². The molecule has 5 N–H and O–H groups in total. The Balaban J connectivity index is 0.000000494. The summed E-state index contributed by atoms with van der Waals surface area (Å²) in [4.78, 5) is 10.6. The molecule has 0 heterocycles. The molecule has 0 aliphatic rings. The Kier molecular flexibility index (Phi) is 6.31. The van der Waals surface area contributed by atoms with Gasteiger partial charge in [-0.25, -0.2) is 10.6 Å². The highest BCUT2D eigenvalue weighted by Crippen LogP contribution is 2.04. The van der Waals surface area contributed by atoms with E-state index in [9.17, 15) is 13.2 Å². The first-order chi connectivity index (χ1) is 8.09. The SMILES string of the molecule is CS(=O)(=O)O.Cc1ccc(CN(N)C(N)=O)cc1. The number of carbonyl (C=O) groups is 1. The lowest BCUT2D eigenvalue weighted by molar-refractivity contribution is 0.206. The van der Waals surface area contributed by atoms with Crippen molar-refractivity contribution in [2.24, 2.45) is 11.6 Å². The largest absolute Gasteiger partial charge is 0.350 e. The van der Waals surface area contributed by atoms with Crippen molar-refractivity contribution in [2.45, 2.75) is 13.5 Å². The van der Waals surface area contributed by atoms with E-state index in [-0.39, 0.29) is 0 Å². The summed E-state index contributed by atoms with van der Waals surface area (Å²) >= 11 is 0. The van der Waals surface area contributed by atoms with Gasteiger partial charge in [0.1, 0.15) is 0 Å². The third-order valence-corrected chi connectivity index (χ3v) is 1.76. The Hall–Kier alpha value is -1.64. The normalized spacial score (nSPS) is 10.2. The van der Waals surface area contributed by atoms with Crippen LogP contribution in [0, 0.1) is 6.92 Å². The molecule has 7 nitrogen and oxygen atoms in total. The zero-order valence-corrected chi connectivity index (χ0v) is 11.0. The summed E-state index contributed by atoms with van der Waals surface area (Å²) < 4.78 is 25.9. The number of aryl methyl sites for hydroxylation is 1. The average Bonchev–Trinajstić information content (AvgIpc) is 2.18. The monoisotopic (exact) mass is 275 g/mol. The first-order valence-electron chi connectivity index (χ1n) is 4.89. The van der Waals surface area contributed by atoms with Crippen molar-refractivity contribution in [1.82, 2.24) is 5.01 Å². The van der Waals surface area contributed by atoms with E-state index in [0.717, 1.165) is 10.6 Å². The van der Waals surface area contributed by atoms with Gasteiger partial charge in [0.2, 0.25) is 0 Å². The topological polar surface area (TPSA) is 127 Å². The van der Waals surface area contributed by atoms with Gasteiger partial charge in [0.25, 0.3) is 10.1 Å². The molecule has 0 unspecified atom stereocenters. The zero-order chi connectivity index (χ0) is 14.3. The number of rotatable bonds is 2. The Bertz CT molecular complexity index is 476. The van der Waals surface area contributed by atoms with Crippen LogP contribution in [0.1, 0.15) is 11.1 Å². The minimum absolute atomic E-state index is 0.343. The van der Waals surface area contributed by atoms with Crippen LogP contribution in [0.3, 0.4) is 0 Å². The number of nitrogens with zero attached hydrogens (tertiary/aromatic N) is 1. The molecule has 0 bridgehead atoms. The third-order valence-electron chi connectivity index (χ3n) is 1.76. The van der Waals surface area contributed by atoms with Gasteiger partial charge in [-0.1, -0.05) is 29.8 Å². The van der Waals surface area contributed by atoms with Crippen molar-refractivity contribution in [3.63, 3.8) is 0 Å². The summed E-state index contributed by atoms with van der Waals surface area (Å²) in [5, 5.41) is 0.977. The molecule has 0 radical (unpaired) electrons. The van der Waals surface area contributed by atoms with E-state index in [1.807, 2.05) is 31.2 Å². The number of nitrogens with two attached hydrogens (primary N) is 2. The number of hydrogen-bond acceptors (Lipinski definition) is 4. The highest BCUT2D eigenvalue weighted by Gasteiger charge is 2.03. The highest BCUT2D eigenvalue weighted by atomic mass is 32.2. The van der Waals surface area contributed by atoms with Crippen LogP contribution in [0.15, 0.2) is 24.3 Å². The second kappa shape index (κ2) is 6.94. The van der Waals surface area contributed by atoms with Crippen LogP contribution in [0.2, 0.25) is 0 Å². The Morgan fingerprint density at radius 2 is 1.72 bits per heavy atom. The maximum absolute atomic E-state index is 10.6. The average molecular weight is 275 g/mol. The van der Waals surface area contributed by atoms with E-state index in [2.05, 4.69) is 0 Å². The van der Waals surface area contributed by atoms with Gasteiger partial charge in [-0.05, 0) is 12.5 Å². The van der Waals surface area contributed by atoms with Crippen LogP contribution in [-0.2, 0) is 16.7 Å². The van der Waals surface area contributed by atoms with Crippen molar-refractivity contribution in [3.05, 3.63) is 35.4 Å². The molecule has 18 heavy (non-hydrogen) atoms. The molecular formula is C10H17N3O4S. The minimum Gasteiger partial charge on any atom is -0.350 e. The number of primary amides is 1. The quantitative estimate of drug-likeness (QED) is 0.308. The Morgan fingerprint density at radius 1 is 1.33 bits per heavy atom. The van der Waals surface area contributed by atoms with Crippen molar-refractivity contribution in [1.29, 1.82) is 0 Å². The summed E-state index contributed by atoms with van der Waals surface area (Å²) in [5.74, 6) is 5.35. The predicted molar refractivity (Wildman–Crippen MR) is 68.0 cm³/mol. The van der Waals surface area contributed by atoms with E-state index < -0.39 is 16.1 Å². The molecule has 8 heteroatoms. The molecule has 0 atom stereocenters. The minimum atomic E-state index is -3.67. The second-order valence-corrected chi connectivity index (χ2v) is 5.15. The Morgan fingerprint density at radius 3 is 2.06 bits per heavy atom. The fraction of sp³-hybridized carbons (Fsp3) is 0.300. The first kappa shape index (κ1) is 16.4. The van der Waals surface area contributed by atoms with Crippen molar-refractivity contribution in [3.8, 4) is 0 Å². The van der Waals surface area contributed by atoms with Gasteiger partial charge >= 0.3 is 6.03 Å². The molecule has 0 fully saturated rings. The molecule has 1 aromatic carbocycles. The fourth-order valence-corrected chi connectivity index (χ4v) is 0.968. The lowest BCUT2D eigenvalue weighted by Crippen LogP contribution is -2.40. The molecule has 0 aromatic heterocycles. The number of amides is 2. The van der Waals surface area contributed by atoms with Gasteiger partial charge < -0.3 is 5.73 Å². The van der Waals surface area contributed by atoms with Crippen molar-refractivity contribution in [2.75, 3.05) is 6.26 Å². The summed E-state index contributed by atoms with van der Waals surface area (Å²) in [6, 6.07) is 7.13. The maximum Gasteiger partial charge on any atom is 0.329 e. The molecule has 0 aliphatic heterocycles. The molecule has 0 aliphatic carbocycles. The second-order valence-electron chi connectivity index (χ2n) is 3.68. The lowest BCUT2D eigenvalue weighted by atomic mass is 10.1. The van der Waals surface area contributed by atoms with Crippen LogP contribution in [0.4, 0.5) is 4.79 Å². The summed E-state index contributed by atoms with van der Waals surface area (Å²) in [6.45, 7) is 2.34.